The van der Waals surface area contributed by atoms with Crippen LogP contribution in [0.5, 0.6) is 0 Å². The summed E-state index contributed by atoms with van der Waals surface area (Å²) < 4.78 is 2.61. The minimum absolute atomic E-state index is 0.178. The van der Waals surface area contributed by atoms with Crippen LogP contribution in [0.2, 0.25) is 0 Å². The van der Waals surface area contributed by atoms with Crippen LogP contribution in [0, 0.1) is 0 Å². The number of hydrogen-bond acceptors (Lipinski definition) is 4. The Hall–Kier alpha value is -2.67. The number of aromatic nitrogens is 2. The van der Waals surface area contributed by atoms with Gasteiger partial charge in [-0.05, 0) is 36.8 Å². The lowest BCUT2D eigenvalue weighted by Crippen LogP contribution is -2.41. The van der Waals surface area contributed by atoms with Crippen LogP contribution in [0.1, 0.15) is 35.3 Å². The number of carbonyl (C=O) groups excluding carboxylic acids is 1. The van der Waals surface area contributed by atoms with Gasteiger partial charge in [-0.3, -0.25) is 18.7 Å². The Balaban J connectivity index is 2.00. The van der Waals surface area contributed by atoms with Crippen LogP contribution < -0.4 is 17.0 Å². The van der Waals surface area contributed by atoms with Crippen molar-refractivity contribution >= 4 is 27.5 Å². The lowest BCUT2D eigenvalue weighted by atomic mass is 10.1. The third-order valence-corrected chi connectivity index (χ3v) is 6.38. The van der Waals surface area contributed by atoms with E-state index in [4.69, 9.17) is 5.73 Å². The molecule has 2 heterocycles. The summed E-state index contributed by atoms with van der Waals surface area (Å²) in [7, 11) is 0. The maximum atomic E-state index is 13.3. The molecule has 6 nitrogen and oxygen atoms in total. The van der Waals surface area contributed by atoms with Crippen molar-refractivity contribution in [3.63, 3.8) is 0 Å². The van der Waals surface area contributed by atoms with Crippen molar-refractivity contribution in [1.29, 1.82) is 0 Å². The summed E-state index contributed by atoms with van der Waals surface area (Å²) in [4.78, 5) is 39.7. The van der Waals surface area contributed by atoms with Gasteiger partial charge in [0, 0.05) is 4.88 Å². The minimum atomic E-state index is -0.591. The molecule has 1 aromatic carbocycles. The third-order valence-electron chi connectivity index (χ3n) is 5.07. The number of fused-ring (bicyclic) bond motifs is 3. The lowest BCUT2D eigenvalue weighted by molar-refractivity contribution is -0.118. The predicted molar refractivity (Wildman–Crippen MR) is 106 cm³/mol. The summed E-state index contributed by atoms with van der Waals surface area (Å²) in [5, 5.41) is 0.591. The van der Waals surface area contributed by atoms with Gasteiger partial charge in [0.25, 0.3) is 5.56 Å². The zero-order valence-electron chi connectivity index (χ0n) is 14.9. The highest BCUT2D eigenvalue weighted by Gasteiger charge is 2.23. The molecule has 1 aliphatic carbocycles. The Morgan fingerprint density at radius 3 is 2.52 bits per heavy atom. The van der Waals surface area contributed by atoms with E-state index >= 15 is 0 Å². The molecule has 0 fully saturated rings. The van der Waals surface area contributed by atoms with Crippen LogP contribution in [0.3, 0.4) is 0 Å². The van der Waals surface area contributed by atoms with Crippen molar-refractivity contribution < 1.29 is 4.79 Å². The second-order valence-corrected chi connectivity index (χ2v) is 8.04. The molecule has 140 valence electrons. The average Bonchev–Trinajstić information content (AvgIpc) is 2.85. The van der Waals surface area contributed by atoms with Crippen molar-refractivity contribution in [1.82, 2.24) is 9.13 Å². The summed E-state index contributed by atoms with van der Waals surface area (Å²) in [5.41, 5.74) is 6.56. The number of hydrogen-bond donors (Lipinski definition) is 1. The molecule has 2 N–H and O–H groups in total. The first-order chi connectivity index (χ1) is 13.1. The SMILES string of the molecule is NC(=O)Cn1c(=O)n(Cc2ccccc2)c(=O)c2c3c(sc21)CCCCC3. The lowest BCUT2D eigenvalue weighted by Gasteiger charge is -2.11. The number of carbonyl (C=O) groups is 1. The van der Waals surface area contributed by atoms with E-state index in [1.54, 1.807) is 0 Å². The summed E-state index contributed by atoms with van der Waals surface area (Å²) in [5.74, 6) is -0.591. The van der Waals surface area contributed by atoms with E-state index < -0.39 is 11.6 Å². The fourth-order valence-electron chi connectivity index (χ4n) is 3.79. The van der Waals surface area contributed by atoms with Crippen LogP contribution in [0.25, 0.3) is 10.2 Å². The van der Waals surface area contributed by atoms with Crippen LogP contribution in [0.15, 0.2) is 39.9 Å². The largest absolute Gasteiger partial charge is 0.368 e. The van der Waals surface area contributed by atoms with Crippen LogP contribution in [-0.4, -0.2) is 15.0 Å². The molecule has 4 rings (SSSR count). The van der Waals surface area contributed by atoms with Crippen molar-refractivity contribution in [2.75, 3.05) is 0 Å². The molecule has 0 unspecified atom stereocenters. The van der Waals surface area contributed by atoms with E-state index in [2.05, 4.69) is 0 Å². The van der Waals surface area contributed by atoms with Gasteiger partial charge in [0.05, 0.1) is 11.9 Å². The standard InChI is InChI=1S/C20H21N3O3S/c21-16(24)12-23-19-17(14-9-5-2-6-10-15(14)27-19)18(25)22(20(23)26)11-13-7-3-1-4-8-13/h1,3-4,7-8H,2,5-6,9-12H2,(H2,21,24). The number of thiophene rings is 1. The topological polar surface area (TPSA) is 87.1 Å². The van der Waals surface area contributed by atoms with E-state index in [0.29, 0.717) is 10.2 Å². The molecule has 0 radical (unpaired) electrons. The first-order valence-electron chi connectivity index (χ1n) is 9.16. The normalized spacial score (nSPS) is 14.1. The maximum absolute atomic E-state index is 13.3. The molecule has 0 bridgehead atoms. The second kappa shape index (κ2) is 7.15. The Labute approximate surface area is 159 Å². The van der Waals surface area contributed by atoms with Gasteiger partial charge in [-0.2, -0.15) is 0 Å². The van der Waals surface area contributed by atoms with Gasteiger partial charge in [0.1, 0.15) is 11.4 Å². The number of nitrogens with zero attached hydrogens (tertiary/aromatic N) is 2. The molecular formula is C20H21N3O3S. The number of benzene rings is 1. The smallest absolute Gasteiger partial charge is 0.332 e. The summed E-state index contributed by atoms with van der Waals surface area (Å²) in [6.45, 7) is -0.0401. The van der Waals surface area contributed by atoms with Crippen molar-refractivity contribution in [2.24, 2.45) is 5.73 Å². The number of primary amides is 1. The summed E-state index contributed by atoms with van der Waals surface area (Å²) >= 11 is 1.47. The van der Waals surface area contributed by atoms with E-state index in [1.165, 1.54) is 20.5 Å². The van der Waals surface area contributed by atoms with Gasteiger partial charge >= 0.3 is 5.69 Å². The summed E-state index contributed by atoms with van der Waals surface area (Å²) in [6.07, 6.45) is 5.01. The van der Waals surface area contributed by atoms with Crippen LogP contribution >= 0.6 is 11.3 Å². The Kier molecular flexibility index (Phi) is 4.70. The molecule has 1 aliphatic rings. The molecule has 1 amide bonds. The Bertz CT molecular complexity index is 1130. The highest BCUT2D eigenvalue weighted by atomic mass is 32.1. The number of aryl methyl sites for hydroxylation is 2. The summed E-state index contributed by atoms with van der Waals surface area (Å²) in [6, 6.07) is 9.39. The van der Waals surface area contributed by atoms with E-state index in [-0.39, 0.29) is 18.6 Å². The van der Waals surface area contributed by atoms with Gasteiger partial charge in [-0.15, -0.1) is 11.3 Å². The molecule has 27 heavy (non-hydrogen) atoms. The van der Waals surface area contributed by atoms with Gasteiger partial charge in [-0.25, -0.2) is 4.79 Å². The van der Waals surface area contributed by atoms with Crippen molar-refractivity contribution in [3.8, 4) is 0 Å². The fourth-order valence-corrected chi connectivity index (χ4v) is 5.17. The van der Waals surface area contributed by atoms with Crippen molar-refractivity contribution in [2.45, 2.75) is 45.2 Å². The van der Waals surface area contributed by atoms with E-state index in [0.717, 1.165) is 48.1 Å². The monoisotopic (exact) mass is 383 g/mol. The van der Waals surface area contributed by atoms with Gasteiger partial charge in [0.2, 0.25) is 5.91 Å². The second-order valence-electron chi connectivity index (χ2n) is 6.96. The first kappa shape index (κ1) is 17.7. The van der Waals surface area contributed by atoms with Crippen molar-refractivity contribution in [3.05, 3.63) is 67.2 Å². The number of amides is 1. The molecular weight excluding hydrogens is 362 g/mol. The van der Waals surface area contributed by atoms with Crippen LogP contribution in [-0.2, 0) is 30.7 Å². The molecule has 0 saturated carbocycles. The van der Waals surface area contributed by atoms with E-state index in [1.807, 2.05) is 30.3 Å². The fraction of sp³-hybridized carbons (Fsp3) is 0.350. The molecule has 0 atom stereocenters. The minimum Gasteiger partial charge on any atom is -0.368 e. The van der Waals surface area contributed by atoms with Crippen LogP contribution in [0.4, 0.5) is 0 Å². The molecule has 0 spiro atoms. The Morgan fingerprint density at radius 2 is 1.78 bits per heavy atom. The van der Waals surface area contributed by atoms with Gasteiger partial charge < -0.3 is 5.73 Å². The molecule has 0 saturated heterocycles. The average molecular weight is 383 g/mol. The molecule has 2 aromatic heterocycles. The van der Waals surface area contributed by atoms with Gasteiger partial charge in [-0.1, -0.05) is 36.8 Å². The number of nitrogens with two attached hydrogens (primary N) is 1. The first-order valence-corrected chi connectivity index (χ1v) is 9.98. The maximum Gasteiger partial charge on any atom is 0.332 e. The predicted octanol–water partition coefficient (Wildman–Crippen LogP) is 2.03. The highest BCUT2D eigenvalue weighted by Crippen LogP contribution is 2.33. The number of rotatable bonds is 4. The highest BCUT2D eigenvalue weighted by molar-refractivity contribution is 7.18. The zero-order chi connectivity index (χ0) is 19.0. The van der Waals surface area contributed by atoms with Gasteiger partial charge in [0.15, 0.2) is 0 Å². The van der Waals surface area contributed by atoms with E-state index in [9.17, 15) is 14.4 Å². The quantitative estimate of drug-likeness (QED) is 0.699. The molecule has 3 aromatic rings. The Morgan fingerprint density at radius 1 is 1.04 bits per heavy atom. The molecule has 7 heteroatoms. The zero-order valence-corrected chi connectivity index (χ0v) is 15.8. The third kappa shape index (κ3) is 3.23. The molecule has 0 aliphatic heterocycles.